The van der Waals surface area contributed by atoms with E-state index < -0.39 is 0 Å². The minimum Gasteiger partial charge on any atom is -0.370 e. The van der Waals surface area contributed by atoms with E-state index in [1.807, 2.05) is 12.4 Å². The van der Waals surface area contributed by atoms with Gasteiger partial charge in [-0.05, 0) is 19.4 Å². The van der Waals surface area contributed by atoms with Crippen LogP contribution in [-0.2, 0) is 0 Å². The fourth-order valence-electron chi connectivity index (χ4n) is 1.34. The number of fused-ring (bicyclic) bond motifs is 1. The highest BCUT2D eigenvalue weighted by molar-refractivity contribution is 5.91. The molecule has 0 aliphatic carbocycles. The number of rotatable bonds is 0. The van der Waals surface area contributed by atoms with Crippen molar-refractivity contribution in [2.75, 3.05) is 6.54 Å². The predicted molar refractivity (Wildman–Crippen MR) is 40.7 cm³/mol. The maximum Gasteiger partial charge on any atom is 0.116 e. The molecule has 10 heavy (non-hydrogen) atoms. The van der Waals surface area contributed by atoms with Crippen LogP contribution in [0.25, 0.3) is 0 Å². The van der Waals surface area contributed by atoms with Crippen molar-refractivity contribution in [2.24, 2.45) is 4.99 Å². The maximum atomic E-state index is 4.26. The lowest BCUT2D eigenvalue weighted by molar-refractivity contribution is 0.518. The van der Waals surface area contributed by atoms with Crippen LogP contribution in [0.1, 0.15) is 12.8 Å². The summed E-state index contributed by atoms with van der Waals surface area (Å²) >= 11 is 0. The molecule has 2 rings (SSSR count). The van der Waals surface area contributed by atoms with Gasteiger partial charge in [-0.25, -0.2) is 0 Å². The molecule has 0 amide bonds. The third kappa shape index (κ3) is 0.926. The monoisotopic (exact) mass is 137 g/mol. The normalized spacial score (nSPS) is 30.4. The quantitative estimate of drug-likeness (QED) is 0.501. The summed E-state index contributed by atoms with van der Waals surface area (Å²) in [5.74, 6) is 0. The molecule has 1 unspecified atom stereocenters. The number of piperidine rings is 1. The van der Waals surface area contributed by atoms with Gasteiger partial charge in [-0.15, -0.1) is 0 Å². The molecule has 54 valence electrons. The summed E-state index contributed by atoms with van der Waals surface area (Å²) in [6.45, 7) is 1.10. The minimum atomic E-state index is 0.318. The highest BCUT2D eigenvalue weighted by atomic mass is 15.2. The number of nitrogens with zero attached hydrogens (tertiary/aromatic N) is 1. The SMILES string of the molecule is C1=CNC2NCCCC2=N1. The largest absolute Gasteiger partial charge is 0.370 e. The van der Waals surface area contributed by atoms with Crippen LogP contribution in [0, 0.1) is 0 Å². The van der Waals surface area contributed by atoms with Gasteiger partial charge in [0.2, 0.25) is 0 Å². The van der Waals surface area contributed by atoms with Gasteiger partial charge in [0.15, 0.2) is 0 Å². The maximum absolute atomic E-state index is 4.26. The Morgan fingerprint density at radius 2 is 2.60 bits per heavy atom. The summed E-state index contributed by atoms with van der Waals surface area (Å²) in [5, 5.41) is 6.53. The van der Waals surface area contributed by atoms with Gasteiger partial charge >= 0.3 is 0 Å². The zero-order valence-corrected chi connectivity index (χ0v) is 5.80. The summed E-state index contributed by atoms with van der Waals surface area (Å²) < 4.78 is 0. The summed E-state index contributed by atoms with van der Waals surface area (Å²) in [5.41, 5.74) is 1.24. The van der Waals surface area contributed by atoms with E-state index in [1.54, 1.807) is 0 Å². The standard InChI is InChI=1S/C7H11N3/c1-2-6-7(9-3-1)10-5-4-8-6/h4-5,7,9-10H,1-3H2. The summed E-state index contributed by atoms with van der Waals surface area (Å²) in [4.78, 5) is 4.26. The molecule has 2 aliphatic heterocycles. The van der Waals surface area contributed by atoms with E-state index in [0.29, 0.717) is 6.17 Å². The van der Waals surface area contributed by atoms with Gasteiger partial charge in [0, 0.05) is 12.4 Å². The molecule has 0 aromatic carbocycles. The summed E-state index contributed by atoms with van der Waals surface area (Å²) in [7, 11) is 0. The molecular formula is C7H11N3. The molecule has 0 aromatic heterocycles. The highest BCUT2D eigenvalue weighted by Gasteiger charge is 2.18. The summed E-state index contributed by atoms with van der Waals surface area (Å²) in [6.07, 6.45) is 6.37. The van der Waals surface area contributed by atoms with Crippen LogP contribution < -0.4 is 10.6 Å². The van der Waals surface area contributed by atoms with E-state index in [1.165, 1.54) is 12.1 Å². The Bertz CT molecular complexity index is 183. The molecule has 0 bridgehead atoms. The first-order valence-electron chi connectivity index (χ1n) is 3.68. The molecule has 0 aromatic rings. The first-order valence-corrected chi connectivity index (χ1v) is 3.68. The van der Waals surface area contributed by atoms with Crippen LogP contribution in [0.4, 0.5) is 0 Å². The smallest absolute Gasteiger partial charge is 0.116 e. The molecule has 2 aliphatic rings. The molecule has 1 atom stereocenters. The molecule has 1 saturated heterocycles. The minimum absolute atomic E-state index is 0.318. The zero-order valence-electron chi connectivity index (χ0n) is 5.80. The predicted octanol–water partition coefficient (Wildman–Crippen LogP) is 0.211. The van der Waals surface area contributed by atoms with Crippen molar-refractivity contribution in [2.45, 2.75) is 19.0 Å². The third-order valence-corrected chi connectivity index (χ3v) is 1.87. The average Bonchev–Trinajstić information content (AvgIpc) is 2.05. The molecule has 2 heterocycles. The van der Waals surface area contributed by atoms with Crippen molar-refractivity contribution in [3.05, 3.63) is 12.4 Å². The van der Waals surface area contributed by atoms with Crippen molar-refractivity contribution in [1.82, 2.24) is 10.6 Å². The Balaban J connectivity index is 2.14. The van der Waals surface area contributed by atoms with Gasteiger partial charge in [0.05, 0.1) is 5.71 Å². The Hall–Kier alpha value is -0.830. The van der Waals surface area contributed by atoms with Crippen molar-refractivity contribution in [1.29, 1.82) is 0 Å². The Kier molecular flexibility index (Phi) is 1.43. The molecule has 0 spiro atoms. The van der Waals surface area contributed by atoms with Gasteiger partial charge in [-0.1, -0.05) is 0 Å². The van der Waals surface area contributed by atoms with Crippen LogP contribution in [0.2, 0.25) is 0 Å². The first-order chi connectivity index (χ1) is 4.97. The lowest BCUT2D eigenvalue weighted by Gasteiger charge is -2.27. The fraction of sp³-hybridized carbons (Fsp3) is 0.571. The van der Waals surface area contributed by atoms with E-state index in [0.717, 1.165) is 13.0 Å². The van der Waals surface area contributed by atoms with Crippen LogP contribution in [0.15, 0.2) is 17.4 Å². The van der Waals surface area contributed by atoms with Crippen molar-refractivity contribution in [3.8, 4) is 0 Å². The number of aliphatic imine (C=N–C) groups is 1. The first kappa shape index (κ1) is 5.92. The molecule has 3 heteroatoms. The molecule has 1 fully saturated rings. The van der Waals surface area contributed by atoms with E-state index in [9.17, 15) is 0 Å². The van der Waals surface area contributed by atoms with Crippen molar-refractivity contribution < 1.29 is 0 Å². The zero-order chi connectivity index (χ0) is 6.81. The van der Waals surface area contributed by atoms with Gasteiger partial charge in [0.1, 0.15) is 6.17 Å². The number of nitrogens with one attached hydrogen (secondary N) is 2. The average molecular weight is 137 g/mol. The third-order valence-electron chi connectivity index (χ3n) is 1.87. The highest BCUT2D eigenvalue weighted by Crippen LogP contribution is 2.05. The second-order valence-corrected chi connectivity index (χ2v) is 2.59. The molecule has 2 N–H and O–H groups in total. The topological polar surface area (TPSA) is 36.4 Å². The van der Waals surface area contributed by atoms with Gasteiger partial charge in [-0.2, -0.15) is 0 Å². The van der Waals surface area contributed by atoms with Crippen molar-refractivity contribution >= 4 is 5.71 Å². The van der Waals surface area contributed by atoms with Gasteiger partial charge in [-0.3, -0.25) is 10.3 Å². The molecule has 3 nitrogen and oxygen atoms in total. The second kappa shape index (κ2) is 2.42. The Morgan fingerprint density at radius 1 is 1.60 bits per heavy atom. The van der Waals surface area contributed by atoms with E-state index in [2.05, 4.69) is 15.6 Å². The lowest BCUT2D eigenvalue weighted by atomic mass is 10.1. The van der Waals surface area contributed by atoms with E-state index >= 15 is 0 Å². The van der Waals surface area contributed by atoms with Crippen molar-refractivity contribution in [3.63, 3.8) is 0 Å². The number of hydrogen-bond acceptors (Lipinski definition) is 3. The Labute approximate surface area is 60.2 Å². The fourth-order valence-corrected chi connectivity index (χ4v) is 1.34. The van der Waals surface area contributed by atoms with Crippen LogP contribution >= 0.6 is 0 Å². The lowest BCUT2D eigenvalue weighted by Crippen LogP contribution is -2.50. The number of hydrogen-bond donors (Lipinski definition) is 2. The van der Waals surface area contributed by atoms with E-state index in [4.69, 9.17) is 0 Å². The van der Waals surface area contributed by atoms with Gasteiger partial charge < -0.3 is 5.32 Å². The Morgan fingerprint density at radius 3 is 3.50 bits per heavy atom. The second-order valence-electron chi connectivity index (χ2n) is 2.59. The van der Waals surface area contributed by atoms with E-state index in [-0.39, 0.29) is 0 Å². The van der Waals surface area contributed by atoms with Gasteiger partial charge in [0.25, 0.3) is 0 Å². The molecule has 0 radical (unpaired) electrons. The van der Waals surface area contributed by atoms with Crippen LogP contribution in [-0.4, -0.2) is 18.4 Å². The van der Waals surface area contributed by atoms with Crippen LogP contribution in [0.5, 0.6) is 0 Å². The molecular weight excluding hydrogens is 126 g/mol. The molecule has 0 saturated carbocycles. The van der Waals surface area contributed by atoms with Crippen LogP contribution in [0.3, 0.4) is 0 Å². The summed E-state index contributed by atoms with van der Waals surface area (Å²) in [6, 6.07) is 0.